The third kappa shape index (κ3) is 4.10. The van der Waals surface area contributed by atoms with Crippen LogP contribution in [0.3, 0.4) is 0 Å². The van der Waals surface area contributed by atoms with Gasteiger partial charge in [0.1, 0.15) is 11.5 Å². The summed E-state index contributed by atoms with van der Waals surface area (Å²) in [6.07, 6.45) is 0. The molecule has 0 amide bonds. The zero-order chi connectivity index (χ0) is 19.0. The van der Waals surface area contributed by atoms with Gasteiger partial charge in [0.15, 0.2) is 0 Å². The van der Waals surface area contributed by atoms with Crippen LogP contribution in [0, 0.1) is 0 Å². The van der Waals surface area contributed by atoms with Crippen LogP contribution in [0.2, 0.25) is 0 Å². The molecule has 0 bridgehead atoms. The number of rotatable bonds is 10. The lowest BCUT2D eigenvalue weighted by Gasteiger charge is -2.30. The van der Waals surface area contributed by atoms with Gasteiger partial charge in [-0.25, -0.2) is 0 Å². The highest BCUT2D eigenvalue weighted by molar-refractivity contribution is 6.76. The number of hydrogen-bond acceptors (Lipinski definition) is 5. The Morgan fingerprint density at radius 3 is 1.65 bits per heavy atom. The first-order chi connectivity index (χ1) is 12.7. The lowest BCUT2D eigenvalue weighted by atomic mass is 10.0. The normalized spacial score (nSPS) is 11.4. The third-order valence-corrected chi connectivity index (χ3v) is 7.06. The van der Waals surface area contributed by atoms with Gasteiger partial charge >= 0.3 is 8.80 Å². The lowest BCUT2D eigenvalue weighted by Crippen LogP contribution is -2.57. The summed E-state index contributed by atoms with van der Waals surface area (Å²) in [5.41, 5.74) is 1.80. The van der Waals surface area contributed by atoms with E-state index in [-0.39, 0.29) is 0 Å². The summed E-state index contributed by atoms with van der Waals surface area (Å²) in [6.45, 7) is 7.36. The second kappa shape index (κ2) is 9.73. The van der Waals surface area contributed by atoms with Crippen LogP contribution in [-0.4, -0.2) is 42.8 Å². The minimum atomic E-state index is -3.08. The minimum Gasteiger partial charge on any atom is -0.496 e. The minimum absolute atomic E-state index is 0.504. The Kier molecular flexibility index (Phi) is 7.65. The molecule has 0 atom stereocenters. The number of methoxy groups -OCH3 is 2. The molecule has 0 aliphatic carbocycles. The van der Waals surface area contributed by atoms with E-state index in [0.29, 0.717) is 19.8 Å². The lowest BCUT2D eigenvalue weighted by molar-refractivity contribution is 0.0860. The molecule has 142 valence electrons. The van der Waals surface area contributed by atoms with E-state index in [1.807, 2.05) is 63.2 Å². The largest absolute Gasteiger partial charge is 0.537 e. The number of benzene rings is 2. The fraction of sp³-hybridized carbons (Fsp3) is 0.400. The summed E-state index contributed by atoms with van der Waals surface area (Å²) in [6, 6.07) is 13.7. The molecule has 0 aliphatic heterocycles. The quantitative estimate of drug-likeness (QED) is 0.593. The van der Waals surface area contributed by atoms with Gasteiger partial charge in [0, 0.05) is 25.0 Å². The van der Waals surface area contributed by atoms with Crippen molar-refractivity contribution in [3.8, 4) is 22.6 Å². The molecule has 0 aromatic heterocycles. The van der Waals surface area contributed by atoms with E-state index in [0.717, 1.165) is 27.8 Å². The smallest absolute Gasteiger partial charge is 0.496 e. The maximum atomic E-state index is 6.12. The molecule has 5 nitrogen and oxygen atoms in total. The van der Waals surface area contributed by atoms with Gasteiger partial charge in [-0.1, -0.05) is 30.3 Å². The molecule has 0 spiro atoms. The Morgan fingerprint density at radius 1 is 0.692 bits per heavy atom. The van der Waals surface area contributed by atoms with Gasteiger partial charge < -0.3 is 22.8 Å². The predicted molar refractivity (Wildman–Crippen MR) is 105 cm³/mol. The Hall–Kier alpha value is -1.86. The van der Waals surface area contributed by atoms with Crippen LogP contribution in [0.4, 0.5) is 0 Å². The highest BCUT2D eigenvalue weighted by Crippen LogP contribution is 2.38. The van der Waals surface area contributed by atoms with Crippen molar-refractivity contribution < 1.29 is 22.8 Å². The molecule has 6 heteroatoms. The second-order valence-corrected chi connectivity index (χ2v) is 7.96. The van der Waals surface area contributed by atoms with Gasteiger partial charge in [0.25, 0.3) is 0 Å². The third-order valence-electron chi connectivity index (χ3n) is 3.96. The van der Waals surface area contributed by atoms with Crippen LogP contribution in [0.5, 0.6) is 11.5 Å². The van der Waals surface area contributed by atoms with Crippen LogP contribution in [-0.2, 0) is 13.3 Å². The summed E-state index contributed by atoms with van der Waals surface area (Å²) >= 11 is 0. The van der Waals surface area contributed by atoms with Gasteiger partial charge in [-0.05, 0) is 38.5 Å². The number of ether oxygens (including phenoxy) is 2. The van der Waals surface area contributed by atoms with Crippen molar-refractivity contribution >= 4 is 14.0 Å². The summed E-state index contributed by atoms with van der Waals surface area (Å²) in [5, 5.41) is 0.911. The molecule has 0 heterocycles. The highest BCUT2D eigenvalue weighted by Gasteiger charge is 2.45. The molecule has 2 aromatic rings. The van der Waals surface area contributed by atoms with E-state index in [1.54, 1.807) is 14.2 Å². The summed E-state index contributed by atoms with van der Waals surface area (Å²) < 4.78 is 29.6. The van der Waals surface area contributed by atoms with E-state index < -0.39 is 8.80 Å². The molecular formula is C20H28O5Si. The Balaban J connectivity index is 2.75. The van der Waals surface area contributed by atoms with E-state index in [2.05, 4.69) is 0 Å². The van der Waals surface area contributed by atoms with Crippen LogP contribution < -0.4 is 14.7 Å². The zero-order valence-electron chi connectivity index (χ0n) is 16.2. The van der Waals surface area contributed by atoms with Crippen molar-refractivity contribution in [1.29, 1.82) is 0 Å². The first-order valence-corrected chi connectivity index (χ1v) is 10.6. The summed E-state index contributed by atoms with van der Waals surface area (Å²) in [7, 11) is 0.222. The maximum absolute atomic E-state index is 6.12. The average molecular weight is 377 g/mol. The predicted octanol–water partition coefficient (Wildman–Crippen LogP) is 3.63. The van der Waals surface area contributed by atoms with E-state index >= 15 is 0 Å². The molecule has 26 heavy (non-hydrogen) atoms. The van der Waals surface area contributed by atoms with Gasteiger partial charge in [0.05, 0.1) is 19.8 Å². The van der Waals surface area contributed by atoms with Crippen molar-refractivity contribution in [3.05, 3.63) is 42.5 Å². The van der Waals surface area contributed by atoms with Gasteiger partial charge in [-0.15, -0.1) is 0 Å². The maximum Gasteiger partial charge on any atom is 0.537 e. The number of hydrogen-bond donors (Lipinski definition) is 0. The van der Waals surface area contributed by atoms with Crippen LogP contribution in [0.15, 0.2) is 42.5 Å². The van der Waals surface area contributed by atoms with Crippen molar-refractivity contribution in [1.82, 2.24) is 0 Å². The molecule has 0 radical (unpaired) electrons. The van der Waals surface area contributed by atoms with E-state index in [4.69, 9.17) is 22.8 Å². The Labute approximate surface area is 157 Å². The van der Waals surface area contributed by atoms with Gasteiger partial charge in [0.2, 0.25) is 0 Å². The standard InChI is InChI=1S/C20H28O5Si/c1-6-23-26(24-7-2,25-8-3)19-15-10-9-12-16(19)20-17(21-4)13-11-14-18(20)22-5/h9-15H,6-8H2,1-5H3. The van der Waals surface area contributed by atoms with Crippen molar-refractivity contribution in [2.24, 2.45) is 0 Å². The Morgan fingerprint density at radius 2 is 1.19 bits per heavy atom. The molecular weight excluding hydrogens is 348 g/mol. The SMILES string of the molecule is CCO[Si](OCC)(OCC)c1ccccc1-c1c(OC)cccc1OC. The Bertz CT molecular complexity index is 665. The second-order valence-electron chi connectivity index (χ2n) is 5.44. The summed E-state index contributed by atoms with van der Waals surface area (Å²) in [4.78, 5) is 0. The van der Waals surface area contributed by atoms with Crippen molar-refractivity contribution in [3.63, 3.8) is 0 Å². The van der Waals surface area contributed by atoms with E-state index in [9.17, 15) is 0 Å². The highest BCUT2D eigenvalue weighted by atomic mass is 28.4. The average Bonchev–Trinajstić information content (AvgIpc) is 2.67. The van der Waals surface area contributed by atoms with E-state index in [1.165, 1.54) is 0 Å². The molecule has 0 aliphatic rings. The van der Waals surface area contributed by atoms with Crippen molar-refractivity contribution in [2.45, 2.75) is 20.8 Å². The molecule has 0 fully saturated rings. The van der Waals surface area contributed by atoms with Gasteiger partial charge in [-0.2, -0.15) is 0 Å². The molecule has 2 rings (SSSR count). The fourth-order valence-corrected chi connectivity index (χ4v) is 5.71. The summed E-state index contributed by atoms with van der Waals surface area (Å²) in [5.74, 6) is 1.45. The molecule has 0 N–H and O–H groups in total. The van der Waals surface area contributed by atoms with Crippen LogP contribution >= 0.6 is 0 Å². The first-order valence-electron chi connectivity index (χ1n) is 8.90. The zero-order valence-corrected chi connectivity index (χ0v) is 17.2. The van der Waals surface area contributed by atoms with Crippen molar-refractivity contribution in [2.75, 3.05) is 34.0 Å². The topological polar surface area (TPSA) is 46.2 Å². The van der Waals surface area contributed by atoms with Crippen LogP contribution in [0.1, 0.15) is 20.8 Å². The molecule has 0 saturated heterocycles. The fourth-order valence-electron chi connectivity index (χ4n) is 3.01. The molecule has 2 aromatic carbocycles. The molecule has 0 saturated carbocycles. The van der Waals surface area contributed by atoms with Gasteiger partial charge in [-0.3, -0.25) is 0 Å². The first kappa shape index (κ1) is 20.4. The van der Waals surface area contributed by atoms with Crippen LogP contribution in [0.25, 0.3) is 11.1 Å². The molecule has 0 unspecified atom stereocenters. The monoisotopic (exact) mass is 376 g/mol.